The second kappa shape index (κ2) is 4.86. The molecule has 0 aromatic heterocycles. The number of anilines is 1. The molecule has 0 aliphatic carbocycles. The average molecular weight is 290 g/mol. The highest BCUT2D eigenvalue weighted by Gasteiger charge is 2.08. The van der Waals surface area contributed by atoms with Crippen LogP contribution < -0.4 is 5.32 Å². The van der Waals surface area contributed by atoms with E-state index in [0.29, 0.717) is 17.7 Å². The van der Waals surface area contributed by atoms with Gasteiger partial charge in [-0.2, -0.15) is 0 Å². The van der Waals surface area contributed by atoms with Gasteiger partial charge in [0, 0.05) is 17.4 Å². The maximum atomic E-state index is 6.05. The molecule has 1 N–H and O–H groups in total. The van der Waals surface area contributed by atoms with Crippen molar-refractivity contribution in [2.45, 2.75) is 6.42 Å². The normalized spacial score (nSPS) is 15.5. The molecule has 5 heteroatoms. The lowest BCUT2D eigenvalue weighted by atomic mass is 10.3. The van der Waals surface area contributed by atoms with Gasteiger partial charge in [0.1, 0.15) is 0 Å². The minimum Gasteiger partial charge on any atom is -0.465 e. The molecule has 0 atom stereocenters. The Morgan fingerprint density at radius 1 is 1.47 bits per heavy atom. The maximum Gasteiger partial charge on any atom is 0.289 e. The van der Waals surface area contributed by atoms with Crippen molar-refractivity contribution in [2.75, 3.05) is 18.5 Å². The lowest BCUT2D eigenvalue weighted by Gasteiger charge is -2.15. The summed E-state index contributed by atoms with van der Waals surface area (Å²) in [6.07, 6.45) is 0.971. The average Bonchev–Trinajstić information content (AvgIpc) is 2.24. The van der Waals surface area contributed by atoms with Gasteiger partial charge in [-0.3, -0.25) is 0 Å². The van der Waals surface area contributed by atoms with E-state index in [1.165, 1.54) is 0 Å². The zero-order valence-electron chi connectivity index (χ0n) is 7.96. The third kappa shape index (κ3) is 2.86. The van der Waals surface area contributed by atoms with E-state index >= 15 is 0 Å². The van der Waals surface area contributed by atoms with E-state index in [9.17, 15) is 0 Å². The molecule has 80 valence electrons. The first-order chi connectivity index (χ1) is 7.25. The van der Waals surface area contributed by atoms with Crippen LogP contribution >= 0.6 is 27.5 Å². The van der Waals surface area contributed by atoms with Gasteiger partial charge in [-0.1, -0.05) is 27.5 Å². The Balaban J connectivity index is 2.13. The molecule has 0 saturated heterocycles. The molecule has 0 spiro atoms. The van der Waals surface area contributed by atoms with Crippen LogP contribution in [0.5, 0.6) is 0 Å². The molecule has 1 aromatic carbocycles. The zero-order valence-corrected chi connectivity index (χ0v) is 10.3. The van der Waals surface area contributed by atoms with Crippen LogP contribution in [0, 0.1) is 0 Å². The van der Waals surface area contributed by atoms with Crippen LogP contribution in [0.15, 0.2) is 27.7 Å². The highest BCUT2D eigenvalue weighted by molar-refractivity contribution is 9.10. The summed E-state index contributed by atoms with van der Waals surface area (Å²) in [4.78, 5) is 4.20. The molecular weight excluding hydrogens is 279 g/mol. The molecule has 1 aromatic rings. The standard InChI is InChI=1S/C10H10BrClN2O/c11-7-2-3-9(8(12)6-7)14-10-13-4-1-5-15-10/h2-3,6H,1,4-5H2,(H,13,14). The largest absolute Gasteiger partial charge is 0.465 e. The minimum absolute atomic E-state index is 0.547. The van der Waals surface area contributed by atoms with E-state index in [2.05, 4.69) is 26.2 Å². The van der Waals surface area contributed by atoms with Gasteiger partial charge in [0.25, 0.3) is 6.02 Å². The van der Waals surface area contributed by atoms with Gasteiger partial charge >= 0.3 is 0 Å². The quantitative estimate of drug-likeness (QED) is 0.860. The van der Waals surface area contributed by atoms with Crippen LogP contribution in [0.1, 0.15) is 6.42 Å². The Kier molecular flexibility index (Phi) is 3.49. The molecule has 3 nitrogen and oxygen atoms in total. The summed E-state index contributed by atoms with van der Waals surface area (Å²) in [5, 5.41) is 3.69. The first-order valence-corrected chi connectivity index (χ1v) is 5.82. The predicted molar refractivity (Wildman–Crippen MR) is 65.6 cm³/mol. The van der Waals surface area contributed by atoms with Crippen LogP contribution in [0.4, 0.5) is 5.69 Å². The minimum atomic E-state index is 0.547. The number of nitrogens with one attached hydrogen (secondary N) is 1. The summed E-state index contributed by atoms with van der Waals surface area (Å²) in [7, 11) is 0. The van der Waals surface area contributed by atoms with E-state index < -0.39 is 0 Å². The highest BCUT2D eigenvalue weighted by Crippen LogP contribution is 2.25. The van der Waals surface area contributed by atoms with Crippen molar-refractivity contribution in [3.8, 4) is 0 Å². The number of aliphatic imine (C=N–C) groups is 1. The zero-order chi connectivity index (χ0) is 10.7. The highest BCUT2D eigenvalue weighted by atomic mass is 79.9. The SMILES string of the molecule is Clc1cc(Br)ccc1NC1=NCCCO1. The predicted octanol–water partition coefficient (Wildman–Crippen LogP) is 3.29. The fourth-order valence-corrected chi connectivity index (χ4v) is 1.96. The molecule has 2 rings (SSSR count). The number of halogens is 2. The summed E-state index contributed by atoms with van der Waals surface area (Å²) in [6, 6.07) is 6.17. The van der Waals surface area contributed by atoms with E-state index in [-0.39, 0.29) is 0 Å². The van der Waals surface area contributed by atoms with Gasteiger partial charge in [0.05, 0.1) is 17.3 Å². The Morgan fingerprint density at radius 3 is 3.00 bits per heavy atom. The van der Waals surface area contributed by atoms with Gasteiger partial charge in [-0.15, -0.1) is 0 Å². The number of ether oxygens (including phenoxy) is 1. The summed E-state index contributed by atoms with van der Waals surface area (Å²) in [5.74, 6) is 0. The smallest absolute Gasteiger partial charge is 0.289 e. The fraction of sp³-hybridized carbons (Fsp3) is 0.300. The second-order valence-corrected chi connectivity index (χ2v) is 4.46. The molecule has 0 saturated carbocycles. The maximum absolute atomic E-state index is 6.05. The third-order valence-electron chi connectivity index (χ3n) is 1.97. The van der Waals surface area contributed by atoms with Gasteiger partial charge < -0.3 is 10.1 Å². The van der Waals surface area contributed by atoms with Gasteiger partial charge in [0.15, 0.2) is 0 Å². The van der Waals surface area contributed by atoms with Crippen molar-refractivity contribution in [1.29, 1.82) is 0 Å². The molecule has 0 unspecified atom stereocenters. The van der Waals surface area contributed by atoms with Crippen molar-refractivity contribution in [3.63, 3.8) is 0 Å². The first kappa shape index (κ1) is 10.8. The molecule has 15 heavy (non-hydrogen) atoms. The number of amidine groups is 1. The van der Waals surface area contributed by atoms with Crippen LogP contribution in [0.2, 0.25) is 5.02 Å². The second-order valence-electron chi connectivity index (χ2n) is 3.14. The number of rotatable bonds is 1. The molecule has 0 fully saturated rings. The van der Waals surface area contributed by atoms with Crippen molar-refractivity contribution < 1.29 is 4.74 Å². The van der Waals surface area contributed by atoms with Crippen LogP contribution in [-0.4, -0.2) is 19.2 Å². The van der Waals surface area contributed by atoms with Gasteiger partial charge in [-0.05, 0) is 18.2 Å². The third-order valence-corrected chi connectivity index (χ3v) is 2.78. The Bertz CT molecular complexity index is 395. The Hall–Kier alpha value is -0.740. The van der Waals surface area contributed by atoms with Crippen molar-refractivity contribution in [1.82, 2.24) is 0 Å². The number of hydrogen-bond donors (Lipinski definition) is 1. The van der Waals surface area contributed by atoms with E-state index in [1.54, 1.807) is 0 Å². The molecule has 1 aliphatic rings. The van der Waals surface area contributed by atoms with Crippen LogP contribution in [0.3, 0.4) is 0 Å². The number of hydrogen-bond acceptors (Lipinski definition) is 3. The molecule has 0 bridgehead atoms. The fourth-order valence-electron chi connectivity index (χ4n) is 1.24. The van der Waals surface area contributed by atoms with Crippen LogP contribution in [0.25, 0.3) is 0 Å². The monoisotopic (exact) mass is 288 g/mol. The molecule has 0 radical (unpaired) electrons. The Labute approximate surface area is 102 Å². The van der Waals surface area contributed by atoms with Crippen molar-refractivity contribution in [3.05, 3.63) is 27.7 Å². The molecular formula is C10H10BrClN2O. The number of nitrogens with zero attached hydrogens (tertiary/aromatic N) is 1. The lowest BCUT2D eigenvalue weighted by Crippen LogP contribution is -2.21. The van der Waals surface area contributed by atoms with Crippen LogP contribution in [-0.2, 0) is 4.74 Å². The lowest BCUT2D eigenvalue weighted by molar-refractivity contribution is 0.282. The van der Waals surface area contributed by atoms with E-state index in [0.717, 1.165) is 23.1 Å². The number of benzene rings is 1. The first-order valence-electron chi connectivity index (χ1n) is 4.65. The van der Waals surface area contributed by atoms with Gasteiger partial charge in [0.2, 0.25) is 0 Å². The molecule has 1 aliphatic heterocycles. The van der Waals surface area contributed by atoms with E-state index in [1.807, 2.05) is 18.2 Å². The summed E-state index contributed by atoms with van der Waals surface area (Å²) < 4.78 is 6.28. The Morgan fingerprint density at radius 2 is 2.33 bits per heavy atom. The summed E-state index contributed by atoms with van der Waals surface area (Å²) in [5.41, 5.74) is 0.806. The van der Waals surface area contributed by atoms with Gasteiger partial charge in [-0.25, -0.2) is 4.99 Å². The molecule has 1 heterocycles. The topological polar surface area (TPSA) is 33.6 Å². The van der Waals surface area contributed by atoms with Crippen molar-refractivity contribution >= 4 is 39.2 Å². The summed E-state index contributed by atoms with van der Waals surface area (Å²) >= 11 is 9.39. The molecule has 0 amide bonds. The van der Waals surface area contributed by atoms with Crippen molar-refractivity contribution in [2.24, 2.45) is 4.99 Å². The summed E-state index contributed by atoms with van der Waals surface area (Å²) in [6.45, 7) is 1.51. The van der Waals surface area contributed by atoms with E-state index in [4.69, 9.17) is 16.3 Å².